The zero-order valence-corrected chi connectivity index (χ0v) is 24.1. The third kappa shape index (κ3) is 8.68. The summed E-state index contributed by atoms with van der Waals surface area (Å²) >= 11 is 2.56. The van der Waals surface area contributed by atoms with Gasteiger partial charge in [-0.1, -0.05) is 54.6 Å². The summed E-state index contributed by atoms with van der Waals surface area (Å²) in [6.45, 7) is 0. The maximum atomic E-state index is 11.9. The van der Waals surface area contributed by atoms with Crippen molar-refractivity contribution < 1.29 is 19.8 Å². The molecule has 6 heteroatoms. The summed E-state index contributed by atoms with van der Waals surface area (Å²) in [5.41, 5.74) is 1.25. The van der Waals surface area contributed by atoms with E-state index >= 15 is 0 Å². The number of para-hydroxylation sites is 2. The molecule has 0 atom stereocenters. The predicted octanol–water partition coefficient (Wildman–Crippen LogP) is 8.37. The van der Waals surface area contributed by atoms with Crippen molar-refractivity contribution in [2.24, 2.45) is 0 Å². The van der Waals surface area contributed by atoms with E-state index in [1.165, 1.54) is 19.3 Å². The minimum Gasteiger partial charge on any atom is -0.507 e. The van der Waals surface area contributed by atoms with Gasteiger partial charge in [-0.3, -0.25) is 9.59 Å². The molecular weight excluding hydrogens is 655 g/mol. The molecule has 0 bridgehead atoms. The molecule has 0 amide bonds. The number of carbonyl (C=O) groups excluding carboxylic acids is 2. The van der Waals surface area contributed by atoms with E-state index in [1.54, 1.807) is 60.7 Å². The summed E-state index contributed by atoms with van der Waals surface area (Å²) in [4.78, 5) is 22.0. The van der Waals surface area contributed by atoms with Crippen molar-refractivity contribution in [1.82, 2.24) is 0 Å². The van der Waals surface area contributed by atoms with Crippen LogP contribution in [0.2, 0.25) is 0 Å². The van der Waals surface area contributed by atoms with Gasteiger partial charge in [0.25, 0.3) is 0 Å². The van der Waals surface area contributed by atoms with Crippen molar-refractivity contribution in [3.63, 3.8) is 0 Å². The fraction of sp³-hybridized carbons (Fsp3) is 0. The Morgan fingerprint density at radius 1 is 0.579 bits per heavy atom. The predicted molar refractivity (Wildman–Crippen MR) is 165 cm³/mol. The molecule has 2 N–H and O–H groups in total. The Kier molecular flexibility index (Phi) is 11.7. The molecule has 0 aromatic heterocycles. The Morgan fingerprint density at radius 2 is 1.00 bits per heavy atom. The van der Waals surface area contributed by atoms with E-state index < -0.39 is 17.6 Å². The first-order chi connectivity index (χ1) is 18.5. The van der Waals surface area contributed by atoms with Crippen LogP contribution in [0.3, 0.4) is 0 Å². The van der Waals surface area contributed by atoms with Gasteiger partial charge in [0.1, 0.15) is 11.5 Å². The Labute approximate surface area is 235 Å². The Hall–Kier alpha value is -3.75. The van der Waals surface area contributed by atoms with Crippen LogP contribution in [0.1, 0.15) is 26.3 Å². The number of phenolic OH excluding ortho intramolecular Hbond substituents is 2. The van der Waals surface area contributed by atoms with Crippen molar-refractivity contribution >= 4 is 42.4 Å². The summed E-state index contributed by atoms with van der Waals surface area (Å²) in [6.07, 6.45) is 0.620. The van der Waals surface area contributed by atoms with Crippen molar-refractivity contribution in [2.75, 3.05) is 0 Å². The van der Waals surface area contributed by atoms with Crippen LogP contribution >= 0.6 is 30.3 Å². The van der Waals surface area contributed by atoms with E-state index in [2.05, 4.69) is 73.4 Å². The van der Waals surface area contributed by atoms with E-state index in [0.29, 0.717) is 23.0 Å². The molecule has 0 aliphatic carbocycles. The van der Waals surface area contributed by atoms with Crippen LogP contribution in [0.15, 0.2) is 140 Å². The molecule has 0 saturated carbocycles. The monoisotopic (exact) mass is 680 g/mol. The van der Waals surface area contributed by atoms with E-state index in [0.717, 1.165) is 0 Å². The average Bonchev–Trinajstić information content (AvgIpc) is 2.99. The van der Waals surface area contributed by atoms with Gasteiger partial charge in [0.05, 0.1) is 11.1 Å². The number of phenols is 2. The summed E-state index contributed by atoms with van der Waals surface area (Å²) < 4.78 is 2.89. The standard InChI is InChI=1S/C13H10O2.C12H10BrI.C7H6O2/c14-12-9-5-4-8-11(12)13(15)10-6-2-1-3-7-10;13-14(11-7-3-1-4-8-11)12-9-5-2-6-10-12;8-5-6-3-1-2-4-7(6)9/h1-9,14H;1-10H;1-5,9H. The first kappa shape index (κ1) is 28.8. The molecule has 0 spiro atoms. The molecule has 0 aliphatic rings. The minimum atomic E-state index is -1.29. The first-order valence-corrected chi connectivity index (χ1v) is 18.6. The Bertz CT molecular complexity index is 1390. The minimum absolute atomic E-state index is 0.0198. The zero-order valence-electron chi connectivity index (χ0n) is 20.3. The summed E-state index contributed by atoms with van der Waals surface area (Å²) in [6, 6.07) is 43.2. The van der Waals surface area contributed by atoms with Gasteiger partial charge in [-0.2, -0.15) is 0 Å². The fourth-order valence-electron chi connectivity index (χ4n) is 3.17. The Balaban J connectivity index is 0.000000163. The van der Waals surface area contributed by atoms with Crippen LogP contribution in [0, 0.1) is 7.14 Å². The molecule has 5 rings (SSSR count). The first-order valence-electron chi connectivity index (χ1n) is 11.6. The van der Waals surface area contributed by atoms with Crippen LogP contribution in [0.25, 0.3) is 0 Å². The number of carbonyl (C=O) groups is 2. The van der Waals surface area contributed by atoms with Crippen molar-refractivity contribution in [2.45, 2.75) is 0 Å². The van der Waals surface area contributed by atoms with Gasteiger partial charge in [0.2, 0.25) is 0 Å². The second-order valence-electron chi connectivity index (χ2n) is 7.72. The normalized spacial score (nSPS) is 10.1. The number of aromatic hydroxyl groups is 2. The smallest absolute Gasteiger partial charge is 0.196 e. The molecule has 0 saturated heterocycles. The van der Waals surface area contributed by atoms with E-state index in [-0.39, 0.29) is 17.3 Å². The molecule has 0 radical (unpaired) electrons. The second-order valence-corrected chi connectivity index (χ2v) is 15.6. The number of aldehydes is 1. The van der Waals surface area contributed by atoms with Gasteiger partial charge in [-0.15, -0.1) is 0 Å². The molecular formula is C32H26BrIO4. The van der Waals surface area contributed by atoms with Crippen LogP contribution in [0.4, 0.5) is 0 Å². The van der Waals surface area contributed by atoms with E-state index in [4.69, 9.17) is 5.11 Å². The second kappa shape index (κ2) is 15.5. The topological polar surface area (TPSA) is 74.6 Å². The van der Waals surface area contributed by atoms with Gasteiger partial charge in [0, 0.05) is 5.56 Å². The summed E-state index contributed by atoms with van der Waals surface area (Å²) in [5.74, 6) is -0.104. The fourth-order valence-corrected chi connectivity index (χ4v) is 8.67. The van der Waals surface area contributed by atoms with Gasteiger partial charge in [0.15, 0.2) is 12.1 Å². The van der Waals surface area contributed by atoms with Crippen molar-refractivity contribution in [3.05, 3.63) is 163 Å². The van der Waals surface area contributed by atoms with Crippen molar-refractivity contribution in [3.8, 4) is 11.5 Å². The third-order valence-electron chi connectivity index (χ3n) is 5.10. The number of benzene rings is 5. The number of hydrogen-bond acceptors (Lipinski definition) is 4. The molecule has 5 aromatic carbocycles. The van der Waals surface area contributed by atoms with Crippen LogP contribution in [0.5, 0.6) is 11.5 Å². The molecule has 4 nitrogen and oxygen atoms in total. The largest absolute Gasteiger partial charge is 0.507 e. The van der Waals surface area contributed by atoms with Crippen LogP contribution in [-0.4, -0.2) is 22.3 Å². The van der Waals surface area contributed by atoms with E-state index in [9.17, 15) is 14.7 Å². The van der Waals surface area contributed by atoms with Gasteiger partial charge in [-0.05, 0) is 24.3 Å². The maximum absolute atomic E-state index is 11.9. The quantitative estimate of drug-likeness (QED) is 0.111. The molecule has 192 valence electrons. The number of halogens is 2. The maximum Gasteiger partial charge on any atom is 0.196 e. The van der Waals surface area contributed by atoms with Crippen molar-refractivity contribution in [1.29, 1.82) is 0 Å². The molecule has 0 fully saturated rings. The summed E-state index contributed by atoms with van der Waals surface area (Å²) in [5, 5.41) is 18.4. The van der Waals surface area contributed by atoms with E-state index in [1.807, 2.05) is 6.07 Å². The Morgan fingerprint density at radius 3 is 1.45 bits per heavy atom. The van der Waals surface area contributed by atoms with Gasteiger partial charge >= 0.3 is 98.1 Å². The third-order valence-corrected chi connectivity index (χ3v) is 13.4. The van der Waals surface area contributed by atoms with Gasteiger partial charge < -0.3 is 10.2 Å². The number of ketones is 1. The van der Waals surface area contributed by atoms with Crippen LogP contribution < -0.4 is 0 Å². The number of hydrogen-bond donors (Lipinski definition) is 2. The number of rotatable bonds is 5. The SMILES string of the molecule is BrI(c1ccccc1)c1ccccc1.O=C(c1ccccc1)c1ccccc1O.O=Cc1ccccc1O. The van der Waals surface area contributed by atoms with Crippen LogP contribution in [-0.2, 0) is 0 Å². The summed E-state index contributed by atoms with van der Waals surface area (Å²) in [7, 11) is 0. The molecule has 0 heterocycles. The average molecular weight is 681 g/mol. The molecule has 0 aliphatic heterocycles. The molecule has 0 unspecified atom stereocenters. The molecule has 38 heavy (non-hydrogen) atoms. The van der Waals surface area contributed by atoms with Gasteiger partial charge in [-0.25, -0.2) is 0 Å². The zero-order chi connectivity index (χ0) is 27.2. The molecule has 5 aromatic rings.